The molecular formula is C13H15FO4. The van der Waals surface area contributed by atoms with E-state index < -0.39 is 11.9 Å². The Hall–Kier alpha value is -1.91. The van der Waals surface area contributed by atoms with E-state index in [1.807, 2.05) is 6.92 Å². The van der Waals surface area contributed by atoms with Crippen molar-refractivity contribution >= 4 is 11.9 Å². The van der Waals surface area contributed by atoms with Gasteiger partial charge in [0.2, 0.25) is 0 Å². The van der Waals surface area contributed by atoms with Gasteiger partial charge in [-0.2, -0.15) is 0 Å². The highest BCUT2D eigenvalue weighted by Crippen LogP contribution is 2.10. The highest BCUT2D eigenvalue weighted by atomic mass is 19.1. The first-order valence-corrected chi connectivity index (χ1v) is 5.63. The molecule has 0 aliphatic carbocycles. The Labute approximate surface area is 105 Å². The number of halogens is 1. The number of ether oxygens (including phenoxy) is 2. The van der Waals surface area contributed by atoms with E-state index in [2.05, 4.69) is 4.74 Å². The van der Waals surface area contributed by atoms with Gasteiger partial charge < -0.3 is 9.47 Å². The third-order valence-electron chi connectivity index (χ3n) is 2.36. The maximum atomic E-state index is 13.0. The Balaban J connectivity index is 2.44. The number of hydrogen-bond acceptors (Lipinski definition) is 4. The summed E-state index contributed by atoms with van der Waals surface area (Å²) in [5.41, 5.74) is 1.65. The van der Waals surface area contributed by atoms with Gasteiger partial charge in [0, 0.05) is 6.42 Å². The van der Waals surface area contributed by atoms with Crippen LogP contribution in [0.5, 0.6) is 0 Å². The van der Waals surface area contributed by atoms with Crippen molar-refractivity contribution in [1.82, 2.24) is 0 Å². The molecule has 0 amide bonds. The van der Waals surface area contributed by atoms with Gasteiger partial charge in [-0.15, -0.1) is 0 Å². The number of esters is 2. The number of carbonyl (C=O) groups excluding carboxylic acids is 2. The minimum absolute atomic E-state index is 0.0158. The monoisotopic (exact) mass is 254 g/mol. The topological polar surface area (TPSA) is 52.6 Å². The Bertz CT molecular complexity index is 443. The molecule has 0 bridgehead atoms. The van der Waals surface area contributed by atoms with Crippen molar-refractivity contribution < 1.29 is 23.5 Å². The molecule has 18 heavy (non-hydrogen) atoms. The zero-order valence-electron chi connectivity index (χ0n) is 10.4. The van der Waals surface area contributed by atoms with Crippen LogP contribution in [0.4, 0.5) is 4.39 Å². The number of rotatable bonds is 4. The van der Waals surface area contributed by atoms with Crippen LogP contribution in [0.1, 0.15) is 18.1 Å². The lowest BCUT2D eigenvalue weighted by Crippen LogP contribution is -2.21. The van der Waals surface area contributed by atoms with Crippen molar-refractivity contribution in [3.8, 4) is 0 Å². The first-order chi connectivity index (χ1) is 8.54. The van der Waals surface area contributed by atoms with Crippen molar-refractivity contribution in [2.75, 3.05) is 13.2 Å². The summed E-state index contributed by atoms with van der Waals surface area (Å²) in [6.07, 6.45) is 0.356. The molecular weight excluding hydrogens is 239 g/mol. The molecule has 0 heterocycles. The molecule has 1 aromatic rings. The molecule has 1 rings (SSSR count). The zero-order valence-corrected chi connectivity index (χ0v) is 10.4. The first kappa shape index (κ1) is 14.2. The Morgan fingerprint density at radius 3 is 2.56 bits per heavy atom. The molecule has 0 radical (unpaired) electrons. The van der Waals surface area contributed by atoms with E-state index in [0.29, 0.717) is 6.42 Å². The number of carbonyl (C=O) groups is 2. The number of benzene rings is 1. The molecule has 0 aliphatic heterocycles. The van der Waals surface area contributed by atoms with Gasteiger partial charge in [0.1, 0.15) is 5.82 Å². The summed E-state index contributed by atoms with van der Waals surface area (Å²) < 4.78 is 22.2. The van der Waals surface area contributed by atoms with Crippen molar-refractivity contribution in [3.05, 3.63) is 35.1 Å². The van der Waals surface area contributed by atoms with Crippen LogP contribution < -0.4 is 0 Å². The Kier molecular flexibility index (Phi) is 5.30. The molecule has 0 aromatic heterocycles. The van der Waals surface area contributed by atoms with E-state index in [4.69, 9.17) is 4.74 Å². The van der Waals surface area contributed by atoms with E-state index in [1.165, 1.54) is 12.1 Å². The third-order valence-corrected chi connectivity index (χ3v) is 2.36. The van der Waals surface area contributed by atoms with Crippen molar-refractivity contribution in [2.24, 2.45) is 0 Å². The lowest BCUT2D eigenvalue weighted by atomic mass is 10.1. The molecule has 5 heteroatoms. The van der Waals surface area contributed by atoms with Gasteiger partial charge in [0.15, 0.2) is 0 Å². The van der Waals surface area contributed by atoms with E-state index in [1.54, 1.807) is 13.0 Å². The van der Waals surface area contributed by atoms with Gasteiger partial charge >= 0.3 is 11.9 Å². The van der Waals surface area contributed by atoms with Crippen LogP contribution in [0.25, 0.3) is 0 Å². The van der Waals surface area contributed by atoms with E-state index in [-0.39, 0.29) is 19.0 Å². The second kappa shape index (κ2) is 6.74. The predicted octanol–water partition coefficient (Wildman–Crippen LogP) is 1.78. The summed E-state index contributed by atoms with van der Waals surface area (Å²) in [5, 5.41) is 0. The van der Waals surface area contributed by atoms with Gasteiger partial charge in [-0.05, 0) is 37.1 Å². The molecule has 0 saturated heterocycles. The van der Waals surface area contributed by atoms with Crippen molar-refractivity contribution in [3.63, 3.8) is 0 Å². The average Bonchev–Trinajstić information content (AvgIpc) is 2.33. The van der Waals surface area contributed by atoms with Crippen LogP contribution in [0.15, 0.2) is 18.2 Å². The standard InChI is InChI=1S/C13H15FO4/c1-3-17-12(15)13(16)18-7-6-10-8-11(14)5-4-9(10)2/h4-5,8H,3,6-7H2,1-2H3. The minimum Gasteiger partial charge on any atom is -0.458 e. The molecule has 0 unspecified atom stereocenters. The highest BCUT2D eigenvalue weighted by molar-refractivity contribution is 6.29. The van der Waals surface area contributed by atoms with Crippen LogP contribution in [0, 0.1) is 12.7 Å². The van der Waals surface area contributed by atoms with Crippen LogP contribution in [0.3, 0.4) is 0 Å². The Morgan fingerprint density at radius 1 is 1.22 bits per heavy atom. The van der Waals surface area contributed by atoms with Crippen LogP contribution in [0.2, 0.25) is 0 Å². The quantitative estimate of drug-likeness (QED) is 0.607. The van der Waals surface area contributed by atoms with E-state index in [0.717, 1.165) is 11.1 Å². The second-order valence-corrected chi connectivity index (χ2v) is 3.68. The zero-order chi connectivity index (χ0) is 13.5. The first-order valence-electron chi connectivity index (χ1n) is 5.63. The molecule has 0 fully saturated rings. The lowest BCUT2D eigenvalue weighted by molar-refractivity contribution is -0.167. The summed E-state index contributed by atoms with van der Waals surface area (Å²) in [5.74, 6) is -2.37. The fraction of sp³-hybridized carbons (Fsp3) is 0.385. The lowest BCUT2D eigenvalue weighted by Gasteiger charge is -2.07. The highest BCUT2D eigenvalue weighted by Gasteiger charge is 2.16. The molecule has 0 aliphatic rings. The second-order valence-electron chi connectivity index (χ2n) is 3.68. The largest absolute Gasteiger partial charge is 0.458 e. The molecule has 0 atom stereocenters. The summed E-state index contributed by atoms with van der Waals surface area (Å²) in [6.45, 7) is 3.57. The summed E-state index contributed by atoms with van der Waals surface area (Å²) in [4.78, 5) is 22.1. The van der Waals surface area contributed by atoms with Crippen LogP contribution >= 0.6 is 0 Å². The molecule has 1 aromatic carbocycles. The third kappa shape index (κ3) is 4.16. The van der Waals surface area contributed by atoms with Gasteiger partial charge in [0.25, 0.3) is 0 Å². The maximum Gasteiger partial charge on any atom is 0.417 e. The normalized spacial score (nSPS) is 9.94. The summed E-state index contributed by atoms with van der Waals surface area (Å²) in [6, 6.07) is 4.40. The van der Waals surface area contributed by atoms with Crippen molar-refractivity contribution in [2.45, 2.75) is 20.3 Å². The van der Waals surface area contributed by atoms with Gasteiger partial charge in [-0.25, -0.2) is 14.0 Å². The van der Waals surface area contributed by atoms with Gasteiger partial charge in [0.05, 0.1) is 13.2 Å². The summed E-state index contributed by atoms with van der Waals surface area (Å²) in [7, 11) is 0. The van der Waals surface area contributed by atoms with Crippen molar-refractivity contribution in [1.29, 1.82) is 0 Å². The van der Waals surface area contributed by atoms with Gasteiger partial charge in [-0.1, -0.05) is 6.07 Å². The smallest absolute Gasteiger partial charge is 0.417 e. The van der Waals surface area contributed by atoms with E-state index >= 15 is 0 Å². The average molecular weight is 254 g/mol. The molecule has 0 spiro atoms. The molecule has 0 N–H and O–H groups in total. The Morgan fingerprint density at radius 2 is 1.89 bits per heavy atom. The molecule has 0 saturated carbocycles. The number of hydrogen-bond donors (Lipinski definition) is 0. The van der Waals surface area contributed by atoms with Crippen LogP contribution in [-0.4, -0.2) is 25.2 Å². The molecule has 98 valence electrons. The fourth-order valence-corrected chi connectivity index (χ4v) is 1.41. The van der Waals surface area contributed by atoms with Gasteiger partial charge in [-0.3, -0.25) is 0 Å². The predicted molar refractivity (Wildman–Crippen MR) is 62.4 cm³/mol. The molecule has 4 nitrogen and oxygen atoms in total. The van der Waals surface area contributed by atoms with Crippen LogP contribution in [-0.2, 0) is 25.5 Å². The SMILES string of the molecule is CCOC(=O)C(=O)OCCc1cc(F)ccc1C. The minimum atomic E-state index is -1.02. The fourth-order valence-electron chi connectivity index (χ4n) is 1.41. The maximum absolute atomic E-state index is 13.0. The van der Waals surface area contributed by atoms with E-state index in [9.17, 15) is 14.0 Å². The number of aryl methyl sites for hydroxylation is 1. The summed E-state index contributed by atoms with van der Waals surface area (Å²) >= 11 is 0.